The Kier molecular flexibility index (Phi) is 5.57. The van der Waals surface area contributed by atoms with Crippen molar-refractivity contribution in [1.82, 2.24) is 14.5 Å². The average molecular weight is 702 g/mol. The Morgan fingerprint density at radius 2 is 1.04 bits per heavy atom. The lowest BCUT2D eigenvalue weighted by Gasteiger charge is -2.12. The monoisotopic (exact) mass is 701 g/mol. The highest BCUT2D eigenvalue weighted by Crippen LogP contribution is 2.45. The van der Waals surface area contributed by atoms with E-state index in [1.165, 1.54) is 21.5 Å². The first-order valence-electron chi connectivity index (χ1n) is 18.6. The zero-order chi connectivity index (χ0) is 35.8. The predicted octanol–water partition coefficient (Wildman–Crippen LogP) is 13.6. The lowest BCUT2D eigenvalue weighted by atomic mass is 10.00. The second kappa shape index (κ2) is 10.6. The number of fused-ring (bicyclic) bond motifs is 5. The van der Waals surface area contributed by atoms with Gasteiger partial charge < -0.3 is 13.4 Å². The first-order valence-corrected chi connectivity index (χ1v) is 18.6. The van der Waals surface area contributed by atoms with Gasteiger partial charge in [-0.2, -0.15) is 0 Å². The molecule has 4 heterocycles. The van der Waals surface area contributed by atoms with Crippen LogP contribution in [0.4, 0.5) is 0 Å². The number of nitrogens with zero attached hydrogens (tertiary/aromatic N) is 3. The maximum absolute atomic E-state index is 6.63. The maximum atomic E-state index is 6.63. The zero-order valence-corrected chi connectivity index (χ0v) is 29.2. The third kappa shape index (κ3) is 3.96. The second-order valence-electron chi connectivity index (χ2n) is 14.5. The van der Waals surface area contributed by atoms with Crippen molar-refractivity contribution in [3.8, 4) is 28.3 Å². The van der Waals surface area contributed by atoms with Gasteiger partial charge in [-0.25, -0.2) is 9.97 Å². The molecule has 9 aromatic carbocycles. The highest BCUT2D eigenvalue weighted by atomic mass is 16.3. The fourth-order valence-electron chi connectivity index (χ4n) is 9.09. The summed E-state index contributed by atoms with van der Waals surface area (Å²) in [6.45, 7) is 0. The average Bonchev–Trinajstić information content (AvgIpc) is 3.74. The summed E-state index contributed by atoms with van der Waals surface area (Å²) in [4.78, 5) is 10.4. The molecule has 5 heteroatoms. The van der Waals surface area contributed by atoms with Crippen molar-refractivity contribution in [2.75, 3.05) is 0 Å². The molecular weight excluding hydrogens is 675 g/mol. The molecule has 0 spiro atoms. The summed E-state index contributed by atoms with van der Waals surface area (Å²) in [5, 5.41) is 12.6. The van der Waals surface area contributed by atoms with Gasteiger partial charge in [0.25, 0.3) is 0 Å². The normalized spacial score (nSPS) is 12.4. The van der Waals surface area contributed by atoms with Crippen LogP contribution in [0.1, 0.15) is 0 Å². The Bertz CT molecular complexity index is 3630. The molecule has 0 amide bonds. The number of rotatable bonds is 3. The SMILES string of the molecule is c1ccc2c(-c3nc(-c4ccc5cc(-n6c7ccc8cccc9oc%10cccc%11ccc6c(c%11%10)c7c89)ccc5c4)nc4c3oc3ccccc34)cccc2c1. The van der Waals surface area contributed by atoms with Gasteiger partial charge in [0.1, 0.15) is 28.0 Å². The summed E-state index contributed by atoms with van der Waals surface area (Å²) in [5.41, 5.74) is 10.3. The molecule has 13 rings (SSSR count). The van der Waals surface area contributed by atoms with Crippen LogP contribution < -0.4 is 0 Å². The van der Waals surface area contributed by atoms with Gasteiger partial charge in [-0.15, -0.1) is 0 Å². The first kappa shape index (κ1) is 29.0. The Hall–Kier alpha value is -7.50. The van der Waals surface area contributed by atoms with E-state index in [0.29, 0.717) is 11.4 Å². The lowest BCUT2D eigenvalue weighted by Crippen LogP contribution is -1.96. The summed E-state index contributed by atoms with van der Waals surface area (Å²) in [5.74, 6) is 0.664. The van der Waals surface area contributed by atoms with Gasteiger partial charge in [-0.3, -0.25) is 0 Å². The van der Waals surface area contributed by atoms with Gasteiger partial charge in [0.15, 0.2) is 11.4 Å². The van der Waals surface area contributed by atoms with Gasteiger partial charge in [0, 0.05) is 43.7 Å². The molecule has 0 aliphatic carbocycles. The van der Waals surface area contributed by atoms with Crippen molar-refractivity contribution in [2.24, 2.45) is 0 Å². The third-order valence-electron chi connectivity index (χ3n) is 11.5. The number of hydrogen-bond acceptors (Lipinski definition) is 4. The number of para-hydroxylation sites is 1. The third-order valence-corrected chi connectivity index (χ3v) is 11.5. The standard InChI is InChI=1S/C50H27N3O2/c1-2-12-35-28(8-1)9-5-14-36(35)47-49-48(37-13-3-4-15-40(37)55-49)52-50(51-47)33-19-18-32-27-34(23-20-31(32)26-33)53-38-24-21-29-10-6-16-41-43(29)45(38)46-39(53)25-22-30-11-7-17-42(54-41)44(30)46/h1-27H. The van der Waals surface area contributed by atoms with Gasteiger partial charge in [-0.05, 0) is 86.9 Å². The second-order valence-corrected chi connectivity index (χ2v) is 14.5. The van der Waals surface area contributed by atoms with E-state index in [9.17, 15) is 0 Å². The van der Waals surface area contributed by atoms with Crippen LogP contribution in [0.15, 0.2) is 173 Å². The molecule has 0 N–H and O–H groups in total. The van der Waals surface area contributed by atoms with Gasteiger partial charge >= 0.3 is 0 Å². The fourth-order valence-corrected chi connectivity index (χ4v) is 9.09. The van der Waals surface area contributed by atoms with E-state index in [-0.39, 0.29) is 0 Å². The Morgan fingerprint density at radius 3 is 1.84 bits per heavy atom. The molecule has 13 aromatic rings. The van der Waals surface area contributed by atoms with Crippen molar-refractivity contribution >= 4 is 98.1 Å². The molecule has 0 bridgehead atoms. The molecular formula is C50H27N3O2. The van der Waals surface area contributed by atoms with E-state index in [1.807, 2.05) is 18.2 Å². The van der Waals surface area contributed by atoms with E-state index in [0.717, 1.165) is 93.5 Å². The predicted molar refractivity (Wildman–Crippen MR) is 226 cm³/mol. The van der Waals surface area contributed by atoms with Crippen LogP contribution in [-0.4, -0.2) is 14.5 Å². The molecule has 0 aliphatic heterocycles. The minimum absolute atomic E-state index is 0.664. The summed E-state index contributed by atoms with van der Waals surface area (Å²) in [6.07, 6.45) is 0. The molecule has 0 unspecified atom stereocenters. The summed E-state index contributed by atoms with van der Waals surface area (Å²) in [7, 11) is 0. The molecule has 0 fully saturated rings. The smallest absolute Gasteiger partial charge is 0.180 e. The molecule has 0 saturated carbocycles. The highest BCUT2D eigenvalue weighted by molar-refractivity contribution is 6.33. The van der Waals surface area contributed by atoms with Crippen molar-refractivity contribution in [1.29, 1.82) is 0 Å². The molecule has 5 nitrogen and oxygen atoms in total. The number of aromatic nitrogens is 3. The van der Waals surface area contributed by atoms with E-state index in [4.69, 9.17) is 18.8 Å². The Labute approximate surface area is 312 Å². The lowest BCUT2D eigenvalue weighted by molar-refractivity contribution is 0.664. The van der Waals surface area contributed by atoms with Crippen molar-refractivity contribution < 1.29 is 8.83 Å². The molecule has 0 aliphatic rings. The molecule has 4 aromatic heterocycles. The van der Waals surface area contributed by atoms with Crippen LogP contribution in [0.3, 0.4) is 0 Å². The Balaban J connectivity index is 1.02. The van der Waals surface area contributed by atoms with Crippen molar-refractivity contribution in [3.63, 3.8) is 0 Å². The number of furan rings is 1. The van der Waals surface area contributed by atoms with Gasteiger partial charge in [0.2, 0.25) is 0 Å². The van der Waals surface area contributed by atoms with Crippen LogP contribution in [0, 0.1) is 0 Å². The highest BCUT2D eigenvalue weighted by Gasteiger charge is 2.22. The largest absolute Gasteiger partial charge is 0.456 e. The number of hydrogen-bond donors (Lipinski definition) is 0. The molecule has 0 radical (unpaired) electrons. The van der Waals surface area contributed by atoms with Crippen LogP contribution >= 0.6 is 0 Å². The molecule has 0 saturated heterocycles. The Morgan fingerprint density at radius 1 is 0.418 bits per heavy atom. The maximum Gasteiger partial charge on any atom is 0.180 e. The molecule has 0 atom stereocenters. The van der Waals surface area contributed by atoms with Crippen LogP contribution in [-0.2, 0) is 0 Å². The quantitative estimate of drug-likeness (QED) is 0.184. The van der Waals surface area contributed by atoms with Crippen LogP contribution in [0.25, 0.3) is 126 Å². The van der Waals surface area contributed by atoms with Gasteiger partial charge in [0.05, 0.1) is 11.0 Å². The van der Waals surface area contributed by atoms with E-state index in [1.54, 1.807) is 0 Å². The van der Waals surface area contributed by atoms with Crippen LogP contribution in [0.5, 0.6) is 0 Å². The van der Waals surface area contributed by atoms with E-state index < -0.39 is 0 Å². The summed E-state index contributed by atoms with van der Waals surface area (Å²) < 4.78 is 15.5. The fraction of sp³-hybridized carbons (Fsp3) is 0. The zero-order valence-electron chi connectivity index (χ0n) is 29.2. The summed E-state index contributed by atoms with van der Waals surface area (Å²) >= 11 is 0. The van der Waals surface area contributed by atoms with E-state index in [2.05, 4.69) is 150 Å². The minimum Gasteiger partial charge on any atom is -0.456 e. The minimum atomic E-state index is 0.664. The molecule has 55 heavy (non-hydrogen) atoms. The van der Waals surface area contributed by atoms with E-state index >= 15 is 0 Å². The van der Waals surface area contributed by atoms with Crippen LogP contribution in [0.2, 0.25) is 0 Å². The van der Waals surface area contributed by atoms with Crippen molar-refractivity contribution in [3.05, 3.63) is 164 Å². The van der Waals surface area contributed by atoms with Crippen molar-refractivity contribution in [2.45, 2.75) is 0 Å². The first-order chi connectivity index (χ1) is 27.2. The summed E-state index contributed by atoms with van der Waals surface area (Å²) in [6, 6.07) is 57.8. The topological polar surface area (TPSA) is 57.0 Å². The number of benzene rings is 9. The van der Waals surface area contributed by atoms with Gasteiger partial charge in [-0.1, -0.05) is 109 Å². The molecule has 254 valence electrons.